The second-order valence-corrected chi connectivity index (χ2v) is 7.78. The van der Waals surface area contributed by atoms with Crippen molar-refractivity contribution < 1.29 is 9.59 Å². The first kappa shape index (κ1) is 21.4. The van der Waals surface area contributed by atoms with E-state index in [1.165, 1.54) is 0 Å². The molecule has 0 saturated heterocycles. The van der Waals surface area contributed by atoms with Gasteiger partial charge < -0.3 is 10.6 Å². The number of hydrogen-bond donors (Lipinski definition) is 3. The molecule has 2 aromatic carbocycles. The van der Waals surface area contributed by atoms with E-state index < -0.39 is 0 Å². The highest BCUT2D eigenvalue weighted by Crippen LogP contribution is 2.20. The third-order valence-electron chi connectivity index (χ3n) is 4.54. The van der Waals surface area contributed by atoms with Gasteiger partial charge in [0, 0.05) is 35.8 Å². The number of aromatic nitrogens is 3. The maximum atomic E-state index is 12.5. The van der Waals surface area contributed by atoms with Crippen molar-refractivity contribution in [2.75, 3.05) is 10.6 Å². The standard InChI is InChI=1S/C22H25N5O2S/c1-14(2)21(29)24-18-9-5-8-17(13-18)23-19(28)10-11-27-20(25-26-22(27)30)16-7-4-6-15(3)12-16/h4-9,12-14H,10-11H2,1-3H3,(H,23,28)(H,24,29)(H,26,30). The molecule has 8 heteroatoms. The second-order valence-electron chi connectivity index (χ2n) is 7.40. The number of amides is 2. The SMILES string of the molecule is Cc1cccc(-c2n[nH]c(=S)n2CCC(=O)Nc2cccc(NC(=O)C(C)C)c2)c1. The zero-order valence-corrected chi connectivity index (χ0v) is 18.0. The molecule has 0 fully saturated rings. The van der Waals surface area contributed by atoms with Crippen molar-refractivity contribution >= 4 is 35.4 Å². The lowest BCUT2D eigenvalue weighted by molar-refractivity contribution is -0.119. The van der Waals surface area contributed by atoms with Crippen LogP contribution in [-0.2, 0) is 16.1 Å². The molecule has 0 aliphatic carbocycles. The van der Waals surface area contributed by atoms with E-state index in [0.717, 1.165) is 11.1 Å². The normalized spacial score (nSPS) is 10.8. The number of anilines is 2. The fourth-order valence-corrected chi connectivity index (χ4v) is 3.15. The number of carbonyl (C=O) groups excluding carboxylic acids is 2. The van der Waals surface area contributed by atoms with Gasteiger partial charge in [-0.15, -0.1) is 0 Å². The van der Waals surface area contributed by atoms with Crippen molar-refractivity contribution in [3.05, 3.63) is 58.9 Å². The predicted molar refractivity (Wildman–Crippen MR) is 121 cm³/mol. The Bertz CT molecular complexity index is 1120. The topological polar surface area (TPSA) is 91.8 Å². The van der Waals surface area contributed by atoms with Gasteiger partial charge >= 0.3 is 0 Å². The van der Waals surface area contributed by atoms with Crippen LogP contribution < -0.4 is 10.6 Å². The summed E-state index contributed by atoms with van der Waals surface area (Å²) in [5, 5.41) is 12.8. The zero-order chi connectivity index (χ0) is 21.7. The highest BCUT2D eigenvalue weighted by atomic mass is 32.1. The number of nitrogens with zero attached hydrogens (tertiary/aromatic N) is 2. The van der Waals surface area contributed by atoms with Gasteiger partial charge in [0.1, 0.15) is 0 Å². The monoisotopic (exact) mass is 423 g/mol. The number of carbonyl (C=O) groups is 2. The van der Waals surface area contributed by atoms with Crippen molar-refractivity contribution in [3.8, 4) is 11.4 Å². The molecule has 0 saturated carbocycles. The molecule has 3 aromatic rings. The Labute approximate surface area is 180 Å². The maximum Gasteiger partial charge on any atom is 0.226 e. The summed E-state index contributed by atoms with van der Waals surface area (Å²) >= 11 is 5.34. The maximum absolute atomic E-state index is 12.5. The Morgan fingerprint density at radius 3 is 2.50 bits per heavy atom. The number of nitrogens with one attached hydrogen (secondary N) is 3. The van der Waals surface area contributed by atoms with Crippen molar-refractivity contribution in [3.63, 3.8) is 0 Å². The van der Waals surface area contributed by atoms with Gasteiger partial charge in [0.25, 0.3) is 0 Å². The molecular weight excluding hydrogens is 398 g/mol. The minimum Gasteiger partial charge on any atom is -0.326 e. The van der Waals surface area contributed by atoms with Crippen LogP contribution in [0.1, 0.15) is 25.8 Å². The van der Waals surface area contributed by atoms with Gasteiger partial charge in [-0.3, -0.25) is 19.3 Å². The molecule has 2 amide bonds. The quantitative estimate of drug-likeness (QED) is 0.487. The molecule has 0 unspecified atom stereocenters. The Kier molecular flexibility index (Phi) is 6.79. The van der Waals surface area contributed by atoms with E-state index in [2.05, 4.69) is 20.8 Å². The number of hydrogen-bond acceptors (Lipinski definition) is 4. The zero-order valence-electron chi connectivity index (χ0n) is 17.2. The average molecular weight is 424 g/mol. The van der Waals surface area contributed by atoms with E-state index >= 15 is 0 Å². The molecular formula is C22H25N5O2S. The van der Waals surface area contributed by atoms with Crippen LogP contribution in [0.25, 0.3) is 11.4 Å². The molecule has 3 rings (SSSR count). The molecule has 1 heterocycles. The number of rotatable bonds is 7. The van der Waals surface area contributed by atoms with Crippen LogP contribution >= 0.6 is 12.2 Å². The molecule has 0 spiro atoms. The molecule has 0 atom stereocenters. The van der Waals surface area contributed by atoms with Gasteiger partial charge in [-0.05, 0) is 43.4 Å². The third-order valence-corrected chi connectivity index (χ3v) is 4.85. The highest BCUT2D eigenvalue weighted by molar-refractivity contribution is 7.71. The van der Waals surface area contributed by atoms with E-state index in [1.807, 2.05) is 49.6 Å². The van der Waals surface area contributed by atoms with E-state index in [4.69, 9.17) is 12.2 Å². The molecule has 7 nitrogen and oxygen atoms in total. The van der Waals surface area contributed by atoms with Gasteiger partial charge in [-0.2, -0.15) is 5.10 Å². The fraction of sp³-hybridized carbons (Fsp3) is 0.273. The largest absolute Gasteiger partial charge is 0.326 e. The summed E-state index contributed by atoms with van der Waals surface area (Å²) in [6.07, 6.45) is 0.231. The fourth-order valence-electron chi connectivity index (χ4n) is 2.93. The lowest BCUT2D eigenvalue weighted by Gasteiger charge is -2.11. The van der Waals surface area contributed by atoms with Crippen LogP contribution in [0.4, 0.5) is 11.4 Å². The Morgan fingerprint density at radius 2 is 1.80 bits per heavy atom. The molecule has 0 aliphatic rings. The first-order valence-electron chi connectivity index (χ1n) is 9.76. The van der Waals surface area contributed by atoms with Crippen LogP contribution in [0, 0.1) is 17.6 Å². The smallest absolute Gasteiger partial charge is 0.226 e. The van der Waals surface area contributed by atoms with E-state index in [1.54, 1.807) is 24.3 Å². The number of benzene rings is 2. The van der Waals surface area contributed by atoms with Gasteiger partial charge in [0.15, 0.2) is 10.6 Å². The van der Waals surface area contributed by atoms with E-state index in [-0.39, 0.29) is 24.2 Å². The summed E-state index contributed by atoms with van der Waals surface area (Å²) in [6.45, 7) is 6.06. The van der Waals surface area contributed by atoms with Gasteiger partial charge in [0.05, 0.1) is 0 Å². The summed E-state index contributed by atoms with van der Waals surface area (Å²) < 4.78 is 2.29. The van der Waals surface area contributed by atoms with Gasteiger partial charge in [-0.25, -0.2) is 0 Å². The second kappa shape index (κ2) is 9.49. The van der Waals surface area contributed by atoms with Gasteiger partial charge in [-0.1, -0.05) is 43.7 Å². The molecule has 3 N–H and O–H groups in total. The van der Waals surface area contributed by atoms with Crippen LogP contribution in [0.15, 0.2) is 48.5 Å². The number of H-pyrrole nitrogens is 1. The summed E-state index contributed by atoms with van der Waals surface area (Å²) in [5.74, 6) is 0.359. The predicted octanol–water partition coefficient (Wildman–Crippen LogP) is 4.54. The highest BCUT2D eigenvalue weighted by Gasteiger charge is 2.12. The Balaban J connectivity index is 1.66. The van der Waals surface area contributed by atoms with Crippen molar-refractivity contribution in [2.24, 2.45) is 5.92 Å². The van der Waals surface area contributed by atoms with Crippen LogP contribution in [0.3, 0.4) is 0 Å². The summed E-state index contributed by atoms with van der Waals surface area (Å²) in [5.41, 5.74) is 3.33. The van der Waals surface area contributed by atoms with Crippen LogP contribution in [0.2, 0.25) is 0 Å². The van der Waals surface area contributed by atoms with Gasteiger partial charge in [0.2, 0.25) is 11.8 Å². The average Bonchev–Trinajstić information content (AvgIpc) is 3.07. The third kappa shape index (κ3) is 5.42. The Hall–Kier alpha value is -3.26. The molecule has 1 aromatic heterocycles. The molecule has 0 radical (unpaired) electrons. The van der Waals surface area contributed by atoms with Crippen molar-refractivity contribution in [1.29, 1.82) is 0 Å². The molecule has 0 aliphatic heterocycles. The van der Waals surface area contributed by atoms with E-state index in [0.29, 0.717) is 28.5 Å². The van der Waals surface area contributed by atoms with E-state index in [9.17, 15) is 9.59 Å². The molecule has 30 heavy (non-hydrogen) atoms. The van der Waals surface area contributed by atoms with Crippen molar-refractivity contribution in [1.82, 2.24) is 14.8 Å². The summed E-state index contributed by atoms with van der Waals surface area (Å²) in [7, 11) is 0. The minimum absolute atomic E-state index is 0.0727. The minimum atomic E-state index is -0.152. The Morgan fingerprint density at radius 1 is 1.10 bits per heavy atom. The lowest BCUT2D eigenvalue weighted by atomic mass is 10.1. The van der Waals surface area contributed by atoms with Crippen LogP contribution in [0.5, 0.6) is 0 Å². The number of aromatic amines is 1. The van der Waals surface area contributed by atoms with Crippen LogP contribution in [-0.4, -0.2) is 26.6 Å². The summed E-state index contributed by atoms with van der Waals surface area (Å²) in [4.78, 5) is 24.3. The first-order chi connectivity index (χ1) is 14.3. The van der Waals surface area contributed by atoms with Crippen molar-refractivity contribution in [2.45, 2.75) is 33.7 Å². The lowest BCUT2D eigenvalue weighted by Crippen LogP contribution is -2.18. The number of aryl methyl sites for hydroxylation is 1. The molecule has 156 valence electrons. The molecule has 0 bridgehead atoms. The first-order valence-corrected chi connectivity index (χ1v) is 10.2. The summed E-state index contributed by atoms with van der Waals surface area (Å²) in [6, 6.07) is 15.1.